The summed E-state index contributed by atoms with van der Waals surface area (Å²) in [5.74, 6) is 0.347. The third-order valence-corrected chi connectivity index (χ3v) is 4.19. The molecule has 0 bridgehead atoms. The molecule has 1 N–H and O–H groups in total. The minimum atomic E-state index is -0.519. The average molecular weight is 303 g/mol. The van der Waals surface area contributed by atoms with Gasteiger partial charge in [0.1, 0.15) is 12.4 Å². The Balaban J connectivity index is 1.79. The van der Waals surface area contributed by atoms with E-state index in [-0.39, 0.29) is 11.2 Å². The topological polar surface area (TPSA) is 63.1 Å². The molecule has 0 saturated heterocycles. The van der Waals surface area contributed by atoms with Crippen molar-refractivity contribution in [3.8, 4) is 0 Å². The molecule has 1 fully saturated rings. The molecule has 1 aliphatic rings. The average Bonchev–Trinajstić information content (AvgIpc) is 3.28. The van der Waals surface area contributed by atoms with Crippen molar-refractivity contribution in [1.82, 2.24) is 9.97 Å². The number of Topliss-reactive ketones (excluding diaryl/α,β-unsaturated/α-hetero) is 1. The Morgan fingerprint density at radius 3 is 2.57 bits per heavy atom. The summed E-state index contributed by atoms with van der Waals surface area (Å²) in [6.07, 6.45) is 5.88. The molecule has 0 amide bonds. The molecule has 2 aromatic rings. The Morgan fingerprint density at radius 1 is 1.29 bits per heavy atom. The van der Waals surface area contributed by atoms with E-state index < -0.39 is 6.61 Å². The molecule has 1 aliphatic carbocycles. The molecule has 0 unspecified atom stereocenters. The van der Waals surface area contributed by atoms with Gasteiger partial charge < -0.3 is 5.11 Å². The number of hydrogen-bond acceptors (Lipinski definition) is 4. The largest absolute Gasteiger partial charge is 0.388 e. The van der Waals surface area contributed by atoms with E-state index in [9.17, 15) is 4.79 Å². The van der Waals surface area contributed by atoms with Crippen LogP contribution in [0, 0.1) is 0 Å². The SMILES string of the molecule is O=C(CO)c1cnc(CC2(c3cccc(Cl)c3)CC2)nc1. The molecule has 0 radical (unpaired) electrons. The molecule has 1 heterocycles. The lowest BCUT2D eigenvalue weighted by Crippen LogP contribution is -2.14. The van der Waals surface area contributed by atoms with Gasteiger partial charge in [-0.3, -0.25) is 4.79 Å². The summed E-state index contributed by atoms with van der Waals surface area (Å²) < 4.78 is 0. The van der Waals surface area contributed by atoms with Gasteiger partial charge in [0.15, 0.2) is 5.78 Å². The number of aliphatic hydroxyl groups is 1. The maximum absolute atomic E-state index is 11.3. The van der Waals surface area contributed by atoms with Crippen LogP contribution in [0.5, 0.6) is 0 Å². The molecule has 4 nitrogen and oxygen atoms in total. The Kier molecular flexibility index (Phi) is 3.74. The van der Waals surface area contributed by atoms with Crippen LogP contribution in [-0.4, -0.2) is 27.5 Å². The quantitative estimate of drug-likeness (QED) is 0.862. The van der Waals surface area contributed by atoms with Gasteiger partial charge in [0.2, 0.25) is 0 Å². The molecule has 108 valence electrons. The van der Waals surface area contributed by atoms with Crippen molar-refractivity contribution in [3.63, 3.8) is 0 Å². The highest BCUT2D eigenvalue weighted by Gasteiger charge is 2.44. The van der Waals surface area contributed by atoms with Crippen LogP contribution in [0.4, 0.5) is 0 Å². The van der Waals surface area contributed by atoms with Gasteiger partial charge in [-0.1, -0.05) is 23.7 Å². The van der Waals surface area contributed by atoms with Crippen LogP contribution in [0.3, 0.4) is 0 Å². The predicted octanol–water partition coefficient (Wildman–Crippen LogP) is 2.58. The van der Waals surface area contributed by atoms with Crippen molar-refractivity contribution < 1.29 is 9.90 Å². The molecule has 1 aromatic carbocycles. The Morgan fingerprint density at radius 2 is 2.00 bits per heavy atom. The zero-order valence-corrected chi connectivity index (χ0v) is 12.2. The second kappa shape index (κ2) is 5.54. The van der Waals surface area contributed by atoms with E-state index in [1.54, 1.807) is 0 Å². The van der Waals surface area contributed by atoms with E-state index in [1.165, 1.54) is 18.0 Å². The zero-order valence-electron chi connectivity index (χ0n) is 11.4. The van der Waals surface area contributed by atoms with Gasteiger partial charge in [-0.15, -0.1) is 0 Å². The lowest BCUT2D eigenvalue weighted by atomic mass is 9.92. The van der Waals surface area contributed by atoms with Crippen molar-refractivity contribution in [2.75, 3.05) is 6.61 Å². The van der Waals surface area contributed by atoms with Crippen LogP contribution in [0.15, 0.2) is 36.7 Å². The molecular weight excluding hydrogens is 288 g/mol. The lowest BCUT2D eigenvalue weighted by Gasteiger charge is -2.15. The van der Waals surface area contributed by atoms with Crippen LogP contribution < -0.4 is 0 Å². The number of aromatic nitrogens is 2. The molecule has 0 atom stereocenters. The zero-order chi connectivity index (χ0) is 14.9. The minimum absolute atomic E-state index is 0.0768. The molecular formula is C16H15ClN2O2. The van der Waals surface area contributed by atoms with Gasteiger partial charge in [0.05, 0.1) is 5.56 Å². The summed E-state index contributed by atoms with van der Waals surface area (Å²) in [5.41, 5.74) is 1.64. The first-order chi connectivity index (χ1) is 10.1. The third kappa shape index (κ3) is 2.96. The summed E-state index contributed by atoms with van der Waals surface area (Å²) in [7, 11) is 0. The van der Waals surface area contributed by atoms with Crippen LogP contribution in [-0.2, 0) is 11.8 Å². The molecule has 1 saturated carbocycles. The second-order valence-electron chi connectivity index (χ2n) is 5.44. The number of carbonyl (C=O) groups is 1. The Bertz CT molecular complexity index is 666. The number of ketones is 1. The van der Waals surface area contributed by atoms with Crippen LogP contribution in [0.25, 0.3) is 0 Å². The number of rotatable bonds is 5. The van der Waals surface area contributed by atoms with Gasteiger partial charge in [-0.05, 0) is 30.5 Å². The summed E-state index contributed by atoms with van der Waals surface area (Å²) >= 11 is 6.06. The Labute approximate surface area is 127 Å². The second-order valence-corrected chi connectivity index (χ2v) is 5.87. The summed E-state index contributed by atoms with van der Waals surface area (Å²) in [6, 6.07) is 7.91. The molecule has 0 aliphatic heterocycles. The first kappa shape index (κ1) is 14.2. The molecule has 3 rings (SSSR count). The number of halogens is 1. The fraction of sp³-hybridized carbons (Fsp3) is 0.312. The van der Waals surface area contributed by atoms with E-state index in [2.05, 4.69) is 16.0 Å². The van der Waals surface area contributed by atoms with E-state index >= 15 is 0 Å². The van der Waals surface area contributed by atoms with E-state index in [4.69, 9.17) is 16.7 Å². The van der Waals surface area contributed by atoms with E-state index in [0.717, 1.165) is 24.3 Å². The third-order valence-electron chi connectivity index (χ3n) is 3.96. The van der Waals surface area contributed by atoms with Crippen molar-refractivity contribution in [3.05, 3.63) is 58.6 Å². The maximum atomic E-state index is 11.3. The molecule has 5 heteroatoms. The number of hydrogen-bond donors (Lipinski definition) is 1. The van der Waals surface area contributed by atoms with Crippen molar-refractivity contribution in [1.29, 1.82) is 0 Å². The lowest BCUT2D eigenvalue weighted by molar-refractivity contribution is 0.0903. The van der Waals surface area contributed by atoms with E-state index in [1.807, 2.05) is 18.2 Å². The normalized spacial score (nSPS) is 15.7. The smallest absolute Gasteiger partial charge is 0.191 e. The number of aliphatic hydroxyl groups excluding tert-OH is 1. The highest BCUT2D eigenvalue weighted by Crippen LogP contribution is 2.50. The highest BCUT2D eigenvalue weighted by atomic mass is 35.5. The minimum Gasteiger partial charge on any atom is -0.388 e. The number of carbonyl (C=O) groups excluding carboxylic acids is 1. The van der Waals surface area contributed by atoms with Gasteiger partial charge in [-0.2, -0.15) is 0 Å². The number of nitrogens with zero attached hydrogens (tertiary/aromatic N) is 2. The van der Waals surface area contributed by atoms with Crippen molar-refractivity contribution >= 4 is 17.4 Å². The van der Waals surface area contributed by atoms with Crippen LogP contribution in [0.1, 0.15) is 34.6 Å². The first-order valence-corrected chi connectivity index (χ1v) is 7.22. The van der Waals surface area contributed by atoms with Gasteiger partial charge in [-0.25, -0.2) is 9.97 Å². The highest BCUT2D eigenvalue weighted by molar-refractivity contribution is 6.30. The summed E-state index contributed by atoms with van der Waals surface area (Å²) in [6.45, 7) is -0.519. The van der Waals surface area contributed by atoms with Gasteiger partial charge in [0.25, 0.3) is 0 Å². The first-order valence-electron chi connectivity index (χ1n) is 6.84. The van der Waals surface area contributed by atoms with Gasteiger partial charge in [0, 0.05) is 29.3 Å². The molecule has 1 aromatic heterocycles. The Hall–Kier alpha value is -1.78. The van der Waals surface area contributed by atoms with Crippen molar-refractivity contribution in [2.45, 2.75) is 24.7 Å². The monoisotopic (exact) mass is 302 g/mol. The maximum Gasteiger partial charge on any atom is 0.191 e. The number of benzene rings is 1. The van der Waals surface area contributed by atoms with Crippen LogP contribution in [0.2, 0.25) is 5.02 Å². The van der Waals surface area contributed by atoms with E-state index in [0.29, 0.717) is 11.4 Å². The van der Waals surface area contributed by atoms with Gasteiger partial charge >= 0.3 is 0 Å². The molecule has 0 spiro atoms. The molecule has 21 heavy (non-hydrogen) atoms. The van der Waals surface area contributed by atoms with Crippen LogP contribution >= 0.6 is 11.6 Å². The van der Waals surface area contributed by atoms with Crippen molar-refractivity contribution in [2.24, 2.45) is 0 Å². The fourth-order valence-electron chi connectivity index (χ4n) is 2.52. The fourth-order valence-corrected chi connectivity index (χ4v) is 2.71. The summed E-state index contributed by atoms with van der Waals surface area (Å²) in [5, 5.41) is 9.55. The summed E-state index contributed by atoms with van der Waals surface area (Å²) in [4.78, 5) is 19.8. The predicted molar refractivity (Wildman–Crippen MR) is 79.5 cm³/mol. The standard InChI is InChI=1S/C16H15ClN2O2/c17-13-3-1-2-12(6-13)16(4-5-16)7-15-18-8-11(9-19-15)14(21)10-20/h1-3,6,8-9,20H,4-5,7,10H2.